The van der Waals surface area contributed by atoms with Gasteiger partial charge >= 0.3 is 0 Å². The van der Waals surface area contributed by atoms with Crippen LogP contribution in [0.15, 0.2) is 5.51 Å². The zero-order valence-electron chi connectivity index (χ0n) is 18.6. The molecule has 1 aromatic heterocycles. The second-order valence-corrected chi connectivity index (χ2v) is 10.2. The first-order valence-electron chi connectivity index (χ1n) is 9.50. The van der Waals surface area contributed by atoms with Crippen molar-refractivity contribution in [2.45, 2.75) is 49.1 Å². The fourth-order valence-electron chi connectivity index (χ4n) is 2.59. The maximum absolute atomic E-state index is 10.4. The summed E-state index contributed by atoms with van der Waals surface area (Å²) in [5.74, 6) is 0. The second-order valence-electron chi connectivity index (χ2n) is 6.57. The number of nitrogens with zero attached hydrogens (tertiary/aromatic N) is 6. The molecule has 0 bridgehead atoms. The van der Waals surface area contributed by atoms with Crippen LogP contribution in [0, 0.1) is 57.5 Å². The molecule has 5 atom stereocenters. The molecular weight excluding hydrogens is 576 g/mol. The van der Waals surface area contributed by atoms with E-state index in [9.17, 15) is 50.6 Å². The lowest BCUT2D eigenvalue weighted by Crippen LogP contribution is -2.35. The molecule has 0 radical (unpaired) electrons. The van der Waals surface area contributed by atoms with Gasteiger partial charge in [-0.15, -0.1) is 61.9 Å². The lowest BCUT2D eigenvalue weighted by Gasteiger charge is -2.20. The maximum Gasteiger partial charge on any atom is 0.295 e. The predicted molar refractivity (Wildman–Crippen MR) is 120 cm³/mol. The number of aromatic nitrogens is 1. The van der Waals surface area contributed by atoms with E-state index in [2.05, 4.69) is 29.2 Å². The minimum Gasteiger partial charge on any atom is -0.312 e. The molecule has 21 nitrogen and oxygen atoms in total. The van der Waals surface area contributed by atoms with Crippen LogP contribution in [-0.4, -0.2) is 66.3 Å². The minimum atomic E-state index is -1.14. The van der Waals surface area contributed by atoms with Gasteiger partial charge in [0.15, 0.2) is 6.10 Å². The molecule has 1 saturated heterocycles. The summed E-state index contributed by atoms with van der Waals surface area (Å²) in [6.45, 7) is 1.98. The van der Waals surface area contributed by atoms with E-state index in [0.29, 0.717) is 17.0 Å². The Hall–Kier alpha value is -3.67. The number of thiazole rings is 1. The summed E-state index contributed by atoms with van der Waals surface area (Å²) in [7, 11) is 2.44. The normalized spacial score (nSPS) is 18.6. The van der Waals surface area contributed by atoms with Crippen LogP contribution in [0.2, 0.25) is 0 Å². The standard InChI is InChI=1S/C7H11N3O9S2.C6H7N3O6S/c1-4(18-9(13)14)6-2-7(21-20-6)5(19-10(15)16)3-17-8(11)12;1-4-6(16-3-7-4)5(15-9(12)13)2-14-8(10)11/h4-7H,2-3H2,1H3;3,5H,2H2,1H3. The quantitative estimate of drug-likeness (QED) is 0.159. The molecule has 5 unspecified atom stereocenters. The highest BCUT2D eigenvalue weighted by Crippen LogP contribution is 2.47. The molecule has 0 N–H and O–H groups in total. The van der Waals surface area contributed by atoms with Crippen LogP contribution in [0.3, 0.4) is 0 Å². The summed E-state index contributed by atoms with van der Waals surface area (Å²) in [5.41, 5.74) is 1.98. The van der Waals surface area contributed by atoms with Gasteiger partial charge in [0, 0.05) is 10.5 Å². The van der Waals surface area contributed by atoms with E-state index in [1.807, 2.05) is 0 Å². The van der Waals surface area contributed by atoms with Crippen LogP contribution < -0.4 is 0 Å². The lowest BCUT2D eigenvalue weighted by molar-refractivity contribution is -0.792. The molecule has 1 fully saturated rings. The third-order valence-electron chi connectivity index (χ3n) is 4.14. The third-order valence-corrected chi connectivity index (χ3v) is 8.66. The summed E-state index contributed by atoms with van der Waals surface area (Å²) in [6, 6.07) is 0. The average molecular weight is 595 g/mol. The van der Waals surface area contributed by atoms with Gasteiger partial charge < -0.3 is 24.2 Å². The summed E-state index contributed by atoms with van der Waals surface area (Å²) in [4.78, 5) is 76.5. The van der Waals surface area contributed by atoms with Crippen molar-refractivity contribution in [3.8, 4) is 0 Å². The Labute approximate surface area is 216 Å². The second kappa shape index (κ2) is 15.4. The zero-order valence-corrected chi connectivity index (χ0v) is 21.1. The van der Waals surface area contributed by atoms with Gasteiger partial charge in [0.1, 0.15) is 25.4 Å². The van der Waals surface area contributed by atoms with Gasteiger partial charge in [-0.25, -0.2) is 4.98 Å². The molecule has 208 valence electrons. The van der Waals surface area contributed by atoms with Crippen LogP contribution in [-0.2, 0) is 24.2 Å². The Balaban J connectivity index is 0.000000384. The molecule has 0 amide bonds. The molecule has 1 aromatic rings. The first-order chi connectivity index (χ1) is 17.3. The van der Waals surface area contributed by atoms with E-state index in [1.54, 1.807) is 6.92 Å². The number of aryl methyl sites for hydroxylation is 1. The van der Waals surface area contributed by atoms with E-state index >= 15 is 0 Å². The molecule has 24 heteroatoms. The largest absolute Gasteiger partial charge is 0.312 e. The molecule has 0 spiro atoms. The number of hydrogen-bond donors (Lipinski definition) is 0. The predicted octanol–water partition coefficient (Wildman–Crippen LogP) is 1.80. The Morgan fingerprint density at radius 1 is 0.865 bits per heavy atom. The third kappa shape index (κ3) is 12.2. The highest BCUT2D eigenvalue weighted by Gasteiger charge is 2.38. The first-order valence-corrected chi connectivity index (χ1v) is 12.7. The Morgan fingerprint density at radius 2 is 1.41 bits per heavy atom. The van der Waals surface area contributed by atoms with Crippen molar-refractivity contribution >= 4 is 32.9 Å². The molecule has 0 aromatic carbocycles. The van der Waals surface area contributed by atoms with Crippen LogP contribution in [0.25, 0.3) is 0 Å². The Bertz CT molecular complexity index is 953. The van der Waals surface area contributed by atoms with Crippen molar-refractivity contribution in [1.29, 1.82) is 0 Å². The monoisotopic (exact) mass is 594 g/mol. The fraction of sp³-hybridized carbons (Fsp3) is 0.769. The van der Waals surface area contributed by atoms with Gasteiger partial charge in [-0.1, -0.05) is 21.6 Å². The summed E-state index contributed by atoms with van der Waals surface area (Å²) >= 11 is 1.11. The van der Waals surface area contributed by atoms with E-state index in [-0.39, 0.29) is 5.25 Å². The number of rotatable bonds is 15. The van der Waals surface area contributed by atoms with Gasteiger partial charge in [0.25, 0.3) is 25.4 Å². The van der Waals surface area contributed by atoms with E-state index in [4.69, 9.17) is 0 Å². The highest BCUT2D eigenvalue weighted by molar-refractivity contribution is 8.77. The van der Waals surface area contributed by atoms with Crippen molar-refractivity contribution in [2.75, 3.05) is 13.2 Å². The molecule has 0 saturated carbocycles. The lowest BCUT2D eigenvalue weighted by atomic mass is 10.1. The van der Waals surface area contributed by atoms with Gasteiger partial charge in [0.2, 0.25) is 0 Å². The Morgan fingerprint density at radius 3 is 1.89 bits per heavy atom. The fourth-order valence-corrected chi connectivity index (χ4v) is 7.01. The molecule has 2 heterocycles. The van der Waals surface area contributed by atoms with Crippen molar-refractivity contribution in [3.05, 3.63) is 66.7 Å². The van der Waals surface area contributed by atoms with E-state index < -0.39 is 62.2 Å². The molecule has 1 aliphatic rings. The van der Waals surface area contributed by atoms with Crippen molar-refractivity contribution in [3.63, 3.8) is 0 Å². The summed E-state index contributed by atoms with van der Waals surface area (Å²) in [5, 5.41) is 45.1. The molecule has 0 aliphatic carbocycles. The average Bonchev–Trinajstić information content (AvgIpc) is 3.43. The SMILES string of the molecule is CC(O[N+](=O)[O-])C1CC(C(CO[N+](=O)[O-])O[N+](=O)[O-])SS1.Cc1ncsc1C(CO[N+](=O)[O-])O[N+](=O)[O-]. The molecular formula is C13H18N6O15S3. The van der Waals surface area contributed by atoms with E-state index in [1.165, 1.54) is 34.0 Å². The first kappa shape index (κ1) is 31.4. The molecule has 2 rings (SSSR count). The van der Waals surface area contributed by atoms with Crippen molar-refractivity contribution in [2.24, 2.45) is 0 Å². The number of hydrogen-bond acceptors (Lipinski definition) is 19. The summed E-state index contributed by atoms with van der Waals surface area (Å²) < 4.78 is 0. The van der Waals surface area contributed by atoms with Gasteiger partial charge in [-0.3, -0.25) is 0 Å². The van der Waals surface area contributed by atoms with Gasteiger partial charge in [-0.2, -0.15) is 0 Å². The topological polar surface area (TPSA) is 275 Å². The zero-order chi connectivity index (χ0) is 28.1. The highest BCUT2D eigenvalue weighted by atomic mass is 33.1. The summed E-state index contributed by atoms with van der Waals surface area (Å²) in [6.07, 6.45) is -2.69. The Kier molecular flexibility index (Phi) is 13.1. The minimum absolute atomic E-state index is 0.293. The smallest absolute Gasteiger partial charge is 0.295 e. The van der Waals surface area contributed by atoms with Crippen LogP contribution >= 0.6 is 32.9 Å². The molecule has 1 aliphatic heterocycles. The van der Waals surface area contributed by atoms with Crippen LogP contribution in [0.4, 0.5) is 0 Å². The van der Waals surface area contributed by atoms with Crippen molar-refractivity contribution in [1.82, 2.24) is 4.98 Å². The van der Waals surface area contributed by atoms with E-state index in [0.717, 1.165) is 11.3 Å². The van der Waals surface area contributed by atoms with Crippen LogP contribution in [0.1, 0.15) is 30.0 Å². The molecule has 37 heavy (non-hydrogen) atoms. The van der Waals surface area contributed by atoms with Crippen LogP contribution in [0.5, 0.6) is 0 Å². The van der Waals surface area contributed by atoms with Crippen molar-refractivity contribution < 1.29 is 49.6 Å². The van der Waals surface area contributed by atoms with Gasteiger partial charge in [0.05, 0.1) is 16.1 Å². The maximum atomic E-state index is 10.4. The van der Waals surface area contributed by atoms with Gasteiger partial charge in [-0.05, 0) is 20.3 Å².